The summed E-state index contributed by atoms with van der Waals surface area (Å²) in [6.45, 7) is -0.419. The molecule has 1 atom stereocenters. The van der Waals surface area contributed by atoms with E-state index in [0.29, 0.717) is 6.42 Å². The number of aromatic hydroxyl groups is 1. The molecule has 3 aromatic rings. The summed E-state index contributed by atoms with van der Waals surface area (Å²) in [7, 11) is 0. The van der Waals surface area contributed by atoms with Gasteiger partial charge in [0.2, 0.25) is 0 Å². The molecule has 28 heavy (non-hydrogen) atoms. The van der Waals surface area contributed by atoms with Gasteiger partial charge in [0.25, 0.3) is 5.91 Å². The van der Waals surface area contributed by atoms with E-state index in [2.05, 4.69) is 5.10 Å². The molecule has 0 aliphatic carbocycles. The first-order chi connectivity index (χ1) is 13.6. The van der Waals surface area contributed by atoms with Crippen molar-refractivity contribution in [3.63, 3.8) is 0 Å². The maximum absolute atomic E-state index is 12.8. The number of rotatable bonds is 5. The van der Waals surface area contributed by atoms with Crippen molar-refractivity contribution in [1.82, 2.24) is 5.01 Å². The number of phenols is 1. The zero-order valence-corrected chi connectivity index (χ0v) is 16.3. The molecule has 8 heteroatoms. The third kappa shape index (κ3) is 3.83. The van der Waals surface area contributed by atoms with Gasteiger partial charge in [0.15, 0.2) is 6.61 Å². The second-order valence-corrected chi connectivity index (χ2v) is 8.05. The number of hydrazone groups is 1. The minimum atomic E-state index is -0.668. The van der Waals surface area contributed by atoms with Crippen LogP contribution in [0.5, 0.6) is 5.75 Å². The number of carbonyl (C=O) groups is 2. The van der Waals surface area contributed by atoms with Gasteiger partial charge in [0.05, 0.1) is 22.2 Å². The van der Waals surface area contributed by atoms with E-state index in [-0.39, 0.29) is 17.4 Å². The van der Waals surface area contributed by atoms with Gasteiger partial charge in [-0.15, -0.1) is 22.7 Å². The van der Waals surface area contributed by atoms with E-state index in [1.807, 2.05) is 35.0 Å². The predicted molar refractivity (Wildman–Crippen MR) is 108 cm³/mol. The highest BCUT2D eigenvalue weighted by Gasteiger charge is 2.34. The summed E-state index contributed by atoms with van der Waals surface area (Å²) in [5.41, 5.74) is 1.04. The molecule has 0 fully saturated rings. The molecular formula is C20H16N2O4S2. The van der Waals surface area contributed by atoms with E-state index in [0.717, 1.165) is 15.5 Å². The number of ether oxygens (including phenoxy) is 1. The quantitative estimate of drug-likeness (QED) is 0.641. The second-order valence-electron chi connectivity index (χ2n) is 6.12. The van der Waals surface area contributed by atoms with Gasteiger partial charge in [0, 0.05) is 11.3 Å². The van der Waals surface area contributed by atoms with Crippen LogP contribution in [0, 0.1) is 0 Å². The topological polar surface area (TPSA) is 79.2 Å². The van der Waals surface area contributed by atoms with Gasteiger partial charge < -0.3 is 9.84 Å². The molecule has 3 heterocycles. The minimum absolute atomic E-state index is 0.0386. The normalized spacial score (nSPS) is 16.1. The van der Waals surface area contributed by atoms with Crippen molar-refractivity contribution >= 4 is 40.3 Å². The Bertz CT molecular complexity index is 1010. The van der Waals surface area contributed by atoms with Gasteiger partial charge in [-0.3, -0.25) is 4.79 Å². The fraction of sp³-hybridized carbons (Fsp3) is 0.150. The van der Waals surface area contributed by atoms with Gasteiger partial charge in [-0.05, 0) is 41.1 Å². The lowest BCUT2D eigenvalue weighted by Crippen LogP contribution is -2.31. The molecule has 6 nitrogen and oxygen atoms in total. The summed E-state index contributed by atoms with van der Waals surface area (Å²) < 4.78 is 5.14. The van der Waals surface area contributed by atoms with Crippen LogP contribution >= 0.6 is 22.7 Å². The Balaban J connectivity index is 1.49. The van der Waals surface area contributed by atoms with E-state index < -0.39 is 18.5 Å². The monoisotopic (exact) mass is 412 g/mol. The molecule has 0 saturated carbocycles. The number of carbonyl (C=O) groups excluding carboxylic acids is 2. The molecule has 0 radical (unpaired) electrons. The third-order valence-corrected chi connectivity index (χ3v) is 6.14. The molecule has 4 rings (SSSR count). The van der Waals surface area contributed by atoms with Gasteiger partial charge in [-0.25, -0.2) is 9.80 Å². The highest BCUT2D eigenvalue weighted by Crippen LogP contribution is 2.35. The number of amides is 1. The molecule has 0 spiro atoms. The average molecular weight is 412 g/mol. The summed E-state index contributed by atoms with van der Waals surface area (Å²) in [5.74, 6) is -1.10. The molecule has 1 aliphatic rings. The Morgan fingerprint density at radius 1 is 1.14 bits per heavy atom. The van der Waals surface area contributed by atoms with Crippen molar-refractivity contribution in [1.29, 1.82) is 0 Å². The summed E-state index contributed by atoms with van der Waals surface area (Å²) in [6.07, 6.45) is 0.618. The van der Waals surface area contributed by atoms with E-state index >= 15 is 0 Å². The van der Waals surface area contributed by atoms with Crippen LogP contribution in [0.4, 0.5) is 0 Å². The SMILES string of the molecule is O=C(OCC(=O)N1N=C(c2cccs2)CC1c1cccs1)c1cccc(O)c1. The highest BCUT2D eigenvalue weighted by molar-refractivity contribution is 7.12. The summed E-state index contributed by atoms with van der Waals surface area (Å²) in [4.78, 5) is 27.0. The van der Waals surface area contributed by atoms with Gasteiger partial charge in [0.1, 0.15) is 5.75 Å². The molecule has 1 amide bonds. The van der Waals surface area contributed by atoms with E-state index in [4.69, 9.17) is 4.74 Å². The molecule has 1 aromatic carbocycles. The molecule has 1 unspecified atom stereocenters. The smallest absolute Gasteiger partial charge is 0.338 e. The van der Waals surface area contributed by atoms with Crippen LogP contribution in [-0.2, 0) is 9.53 Å². The summed E-state index contributed by atoms with van der Waals surface area (Å²) in [5, 5.41) is 19.3. The Morgan fingerprint density at radius 2 is 1.96 bits per heavy atom. The second kappa shape index (κ2) is 7.95. The van der Waals surface area contributed by atoms with Crippen LogP contribution in [0.1, 0.15) is 32.6 Å². The van der Waals surface area contributed by atoms with Crippen molar-refractivity contribution in [2.45, 2.75) is 12.5 Å². The van der Waals surface area contributed by atoms with Crippen LogP contribution in [0.25, 0.3) is 0 Å². The summed E-state index contributed by atoms with van der Waals surface area (Å²) in [6, 6.07) is 13.4. The zero-order valence-electron chi connectivity index (χ0n) is 14.6. The first-order valence-electron chi connectivity index (χ1n) is 8.55. The van der Waals surface area contributed by atoms with Crippen molar-refractivity contribution in [2.75, 3.05) is 6.61 Å². The Labute approximate surface area is 169 Å². The molecule has 0 bridgehead atoms. The largest absolute Gasteiger partial charge is 0.508 e. The number of thiophene rings is 2. The Morgan fingerprint density at radius 3 is 2.68 bits per heavy atom. The van der Waals surface area contributed by atoms with Crippen molar-refractivity contribution in [3.8, 4) is 5.75 Å². The van der Waals surface area contributed by atoms with E-state index in [1.54, 1.807) is 28.7 Å². The molecule has 142 valence electrons. The number of phenolic OH excluding ortho intramolecular Hbond substituents is 1. The maximum atomic E-state index is 12.8. The van der Waals surface area contributed by atoms with E-state index in [1.165, 1.54) is 23.2 Å². The lowest BCUT2D eigenvalue weighted by molar-refractivity contribution is -0.136. The molecule has 1 aliphatic heterocycles. The summed E-state index contributed by atoms with van der Waals surface area (Å²) >= 11 is 3.14. The third-order valence-electron chi connectivity index (χ3n) is 4.25. The van der Waals surface area contributed by atoms with Gasteiger partial charge in [-0.1, -0.05) is 18.2 Å². The fourth-order valence-electron chi connectivity index (χ4n) is 2.94. The standard InChI is InChI=1S/C20H16N2O4S2/c23-14-5-1-4-13(10-14)20(25)26-12-19(24)22-16(18-7-3-9-28-18)11-15(21-22)17-6-2-8-27-17/h1-10,16,23H,11-12H2. The van der Waals surface area contributed by atoms with Crippen molar-refractivity contribution < 1.29 is 19.4 Å². The number of hydrogen-bond acceptors (Lipinski definition) is 7. The van der Waals surface area contributed by atoms with Crippen molar-refractivity contribution in [3.05, 3.63) is 74.6 Å². The Hall–Kier alpha value is -2.97. The first kappa shape index (κ1) is 18.4. The average Bonchev–Trinajstić information content (AvgIpc) is 3.46. The zero-order chi connectivity index (χ0) is 19.5. The lowest BCUT2D eigenvalue weighted by Gasteiger charge is -2.20. The van der Waals surface area contributed by atoms with Gasteiger partial charge in [-0.2, -0.15) is 5.10 Å². The van der Waals surface area contributed by atoms with Crippen LogP contribution in [0.3, 0.4) is 0 Å². The van der Waals surface area contributed by atoms with Crippen LogP contribution in [0.2, 0.25) is 0 Å². The first-order valence-corrected chi connectivity index (χ1v) is 10.3. The number of hydrogen-bond donors (Lipinski definition) is 1. The van der Waals surface area contributed by atoms with Crippen LogP contribution in [0.15, 0.2) is 64.4 Å². The predicted octanol–water partition coefficient (Wildman–Crippen LogP) is 4.05. The van der Waals surface area contributed by atoms with E-state index in [9.17, 15) is 14.7 Å². The van der Waals surface area contributed by atoms with Crippen molar-refractivity contribution in [2.24, 2.45) is 5.10 Å². The fourth-order valence-corrected chi connectivity index (χ4v) is 4.48. The van der Waals surface area contributed by atoms with Gasteiger partial charge >= 0.3 is 5.97 Å². The number of esters is 1. The number of nitrogens with zero attached hydrogens (tertiary/aromatic N) is 2. The molecule has 0 saturated heterocycles. The van der Waals surface area contributed by atoms with Crippen LogP contribution < -0.4 is 0 Å². The molecular weight excluding hydrogens is 396 g/mol. The minimum Gasteiger partial charge on any atom is -0.508 e. The lowest BCUT2D eigenvalue weighted by atomic mass is 10.1. The number of benzene rings is 1. The Kier molecular flexibility index (Phi) is 5.23. The molecule has 2 aromatic heterocycles. The van der Waals surface area contributed by atoms with Crippen LogP contribution in [-0.4, -0.2) is 34.3 Å². The maximum Gasteiger partial charge on any atom is 0.338 e. The highest BCUT2D eigenvalue weighted by atomic mass is 32.1. The molecule has 1 N–H and O–H groups in total.